The molecule has 0 aromatic rings. The molecule has 3 nitrogen and oxygen atoms in total. The highest BCUT2D eigenvalue weighted by Gasteiger charge is 1.90. The van der Waals surface area contributed by atoms with E-state index >= 15 is 0 Å². The van der Waals surface area contributed by atoms with Crippen LogP contribution in [0.1, 0.15) is 13.3 Å². The minimum Gasteiger partial charge on any atom is -0.341 e. The van der Waals surface area contributed by atoms with Crippen LogP contribution in [0.2, 0.25) is 0 Å². The summed E-state index contributed by atoms with van der Waals surface area (Å²) in [5.74, 6) is 0. The van der Waals surface area contributed by atoms with Crippen molar-refractivity contribution < 1.29 is 4.79 Å². The van der Waals surface area contributed by atoms with Crippen LogP contribution in [-0.2, 0) is 0 Å². The molecule has 0 unspecified atom stereocenters. The van der Waals surface area contributed by atoms with Crippen LogP contribution in [0.3, 0.4) is 0 Å². The van der Waals surface area contributed by atoms with Crippen LogP contribution in [0.25, 0.3) is 0 Å². The van der Waals surface area contributed by atoms with Crippen LogP contribution < -0.4 is 10.6 Å². The Bertz CT molecular complexity index is 121. The molecular weight excluding hydrogens is 128 g/mol. The molecule has 0 aliphatic carbocycles. The molecule has 0 spiro atoms. The maximum absolute atomic E-state index is 10.5. The monoisotopic (exact) mass is 142 g/mol. The van der Waals surface area contributed by atoms with Gasteiger partial charge in [-0.2, -0.15) is 0 Å². The van der Waals surface area contributed by atoms with E-state index in [0.29, 0.717) is 6.54 Å². The summed E-state index contributed by atoms with van der Waals surface area (Å²) in [6.45, 7) is 2.66. The maximum atomic E-state index is 10.5. The van der Waals surface area contributed by atoms with Gasteiger partial charge in [0.25, 0.3) is 0 Å². The van der Waals surface area contributed by atoms with E-state index in [1.165, 1.54) is 0 Å². The van der Waals surface area contributed by atoms with Gasteiger partial charge in [-0.25, -0.2) is 4.79 Å². The molecule has 0 bridgehead atoms. The summed E-state index contributed by atoms with van der Waals surface area (Å²) in [6, 6.07) is -0.121. The van der Waals surface area contributed by atoms with Crippen LogP contribution in [0, 0.1) is 0 Å². The molecule has 0 aromatic heterocycles. The topological polar surface area (TPSA) is 41.1 Å². The van der Waals surface area contributed by atoms with Gasteiger partial charge >= 0.3 is 6.03 Å². The van der Waals surface area contributed by atoms with Crippen molar-refractivity contribution in [3.05, 3.63) is 12.2 Å². The molecule has 2 amide bonds. The van der Waals surface area contributed by atoms with Gasteiger partial charge in [0.1, 0.15) is 0 Å². The highest BCUT2D eigenvalue weighted by molar-refractivity contribution is 5.73. The number of rotatable bonds is 3. The zero-order chi connectivity index (χ0) is 7.82. The first-order valence-electron chi connectivity index (χ1n) is 3.38. The Morgan fingerprint density at radius 3 is 2.80 bits per heavy atom. The molecule has 58 valence electrons. The number of allylic oxidation sites excluding steroid dienone is 1. The highest BCUT2D eigenvalue weighted by Crippen LogP contribution is 1.78. The lowest BCUT2D eigenvalue weighted by Crippen LogP contribution is -2.33. The summed E-state index contributed by atoms with van der Waals surface area (Å²) < 4.78 is 0. The van der Waals surface area contributed by atoms with Gasteiger partial charge < -0.3 is 10.6 Å². The molecule has 0 heterocycles. The van der Waals surface area contributed by atoms with Crippen molar-refractivity contribution in [2.75, 3.05) is 13.6 Å². The summed E-state index contributed by atoms with van der Waals surface area (Å²) >= 11 is 0. The Hall–Kier alpha value is -0.990. The van der Waals surface area contributed by atoms with Gasteiger partial charge in [-0.1, -0.05) is 12.2 Å². The third kappa shape index (κ3) is 5.15. The van der Waals surface area contributed by atoms with Gasteiger partial charge in [0.15, 0.2) is 0 Å². The standard InChI is InChI=1S/C7H14N2O/c1-3-4-5-6-9-7(10)8-2/h3-4H,5-6H2,1-2H3,(H2,8,9,10)/b4-3+. The molecule has 0 rings (SSSR count). The van der Waals surface area contributed by atoms with Crippen molar-refractivity contribution in [2.24, 2.45) is 0 Å². The molecule has 10 heavy (non-hydrogen) atoms. The fourth-order valence-electron chi connectivity index (χ4n) is 0.524. The van der Waals surface area contributed by atoms with Crippen LogP contribution in [0.15, 0.2) is 12.2 Å². The first-order chi connectivity index (χ1) is 4.81. The van der Waals surface area contributed by atoms with Gasteiger partial charge in [-0.05, 0) is 13.3 Å². The molecule has 0 radical (unpaired) electrons. The van der Waals surface area contributed by atoms with E-state index in [-0.39, 0.29) is 6.03 Å². The van der Waals surface area contributed by atoms with Gasteiger partial charge in [0, 0.05) is 13.6 Å². The maximum Gasteiger partial charge on any atom is 0.314 e. The van der Waals surface area contributed by atoms with E-state index in [4.69, 9.17) is 0 Å². The van der Waals surface area contributed by atoms with Crippen molar-refractivity contribution in [1.29, 1.82) is 0 Å². The molecule has 3 heteroatoms. The molecule has 0 saturated heterocycles. The van der Waals surface area contributed by atoms with Gasteiger partial charge in [-0.15, -0.1) is 0 Å². The Balaban J connectivity index is 3.11. The van der Waals surface area contributed by atoms with Crippen LogP contribution in [0.5, 0.6) is 0 Å². The van der Waals surface area contributed by atoms with Crippen LogP contribution in [-0.4, -0.2) is 19.6 Å². The van der Waals surface area contributed by atoms with E-state index in [1.54, 1.807) is 7.05 Å². The van der Waals surface area contributed by atoms with Crippen molar-refractivity contribution in [3.8, 4) is 0 Å². The first kappa shape index (κ1) is 9.01. The Morgan fingerprint density at radius 2 is 2.30 bits per heavy atom. The summed E-state index contributed by atoms with van der Waals surface area (Å²) in [5.41, 5.74) is 0. The first-order valence-corrected chi connectivity index (χ1v) is 3.38. The lowest BCUT2D eigenvalue weighted by Gasteiger charge is -1.99. The SMILES string of the molecule is C/C=C/CCNC(=O)NC. The van der Waals surface area contributed by atoms with E-state index in [2.05, 4.69) is 10.6 Å². The third-order valence-corrected chi connectivity index (χ3v) is 1.06. The largest absolute Gasteiger partial charge is 0.341 e. The number of carbonyl (C=O) groups is 1. The molecule has 0 aliphatic rings. The van der Waals surface area contributed by atoms with Crippen molar-refractivity contribution in [2.45, 2.75) is 13.3 Å². The minimum absolute atomic E-state index is 0.121. The summed E-state index contributed by atoms with van der Waals surface area (Å²) in [4.78, 5) is 10.5. The van der Waals surface area contributed by atoms with E-state index < -0.39 is 0 Å². The summed E-state index contributed by atoms with van der Waals surface area (Å²) in [7, 11) is 1.60. The number of nitrogens with one attached hydrogen (secondary N) is 2. The molecule has 0 aromatic carbocycles. The average molecular weight is 142 g/mol. The zero-order valence-electron chi connectivity index (χ0n) is 6.48. The Morgan fingerprint density at radius 1 is 1.60 bits per heavy atom. The average Bonchev–Trinajstić information content (AvgIpc) is 1.98. The highest BCUT2D eigenvalue weighted by atomic mass is 16.2. The van der Waals surface area contributed by atoms with E-state index in [0.717, 1.165) is 6.42 Å². The minimum atomic E-state index is -0.121. The van der Waals surface area contributed by atoms with Gasteiger partial charge in [0.05, 0.1) is 0 Å². The second-order valence-corrected chi connectivity index (χ2v) is 1.86. The quantitative estimate of drug-likeness (QED) is 0.446. The molecular formula is C7H14N2O. The second-order valence-electron chi connectivity index (χ2n) is 1.86. The Labute approximate surface area is 61.5 Å². The summed E-state index contributed by atoms with van der Waals surface area (Å²) in [5, 5.41) is 5.13. The molecule has 0 saturated carbocycles. The van der Waals surface area contributed by atoms with Crippen LogP contribution >= 0.6 is 0 Å². The smallest absolute Gasteiger partial charge is 0.314 e. The number of carbonyl (C=O) groups excluding carboxylic acids is 1. The fourth-order valence-corrected chi connectivity index (χ4v) is 0.524. The number of hydrogen-bond acceptors (Lipinski definition) is 1. The van der Waals surface area contributed by atoms with E-state index in [1.807, 2.05) is 19.1 Å². The predicted octanol–water partition coefficient (Wildman–Crippen LogP) is 0.882. The molecule has 0 fully saturated rings. The van der Waals surface area contributed by atoms with Gasteiger partial charge in [0.2, 0.25) is 0 Å². The predicted molar refractivity (Wildman–Crippen MR) is 41.9 cm³/mol. The lowest BCUT2D eigenvalue weighted by molar-refractivity contribution is 0.243. The third-order valence-electron chi connectivity index (χ3n) is 1.06. The Kier molecular flexibility index (Phi) is 5.53. The van der Waals surface area contributed by atoms with E-state index in [9.17, 15) is 4.79 Å². The van der Waals surface area contributed by atoms with Crippen molar-refractivity contribution in [1.82, 2.24) is 10.6 Å². The molecule has 0 aliphatic heterocycles. The number of amides is 2. The van der Waals surface area contributed by atoms with Crippen molar-refractivity contribution >= 4 is 6.03 Å². The summed E-state index contributed by atoms with van der Waals surface area (Å²) in [6.07, 6.45) is 4.87. The van der Waals surface area contributed by atoms with Crippen molar-refractivity contribution in [3.63, 3.8) is 0 Å². The second kappa shape index (κ2) is 6.13. The number of hydrogen-bond donors (Lipinski definition) is 2. The number of urea groups is 1. The zero-order valence-corrected chi connectivity index (χ0v) is 6.48. The fraction of sp³-hybridized carbons (Fsp3) is 0.571. The molecule has 2 N–H and O–H groups in total. The lowest BCUT2D eigenvalue weighted by atomic mass is 10.4. The van der Waals surface area contributed by atoms with Gasteiger partial charge in [-0.3, -0.25) is 0 Å². The van der Waals surface area contributed by atoms with Crippen LogP contribution in [0.4, 0.5) is 4.79 Å². The molecule has 0 atom stereocenters. The normalized spacial score (nSPS) is 9.80.